The average Bonchev–Trinajstić information content (AvgIpc) is 2.95. The van der Waals surface area contributed by atoms with Gasteiger partial charge in [0.15, 0.2) is 0 Å². The first-order valence-corrected chi connectivity index (χ1v) is 5.45. The largest absolute Gasteiger partial charge is 0.368 e. The summed E-state index contributed by atoms with van der Waals surface area (Å²) in [6.07, 6.45) is 2.54. The van der Waals surface area contributed by atoms with Crippen molar-refractivity contribution >= 4 is 5.91 Å². The Balaban J connectivity index is 2.39. The van der Waals surface area contributed by atoms with Gasteiger partial charge in [-0.3, -0.25) is 9.69 Å². The topological polar surface area (TPSA) is 58.4 Å². The van der Waals surface area contributed by atoms with Gasteiger partial charge >= 0.3 is 0 Å². The van der Waals surface area contributed by atoms with Crippen LogP contribution in [0.15, 0.2) is 0 Å². The molecule has 0 spiro atoms. The molecule has 0 aliphatic heterocycles. The molecule has 1 amide bonds. The van der Waals surface area contributed by atoms with Gasteiger partial charge in [0.25, 0.3) is 0 Å². The maximum Gasteiger partial charge on any atom is 0.235 e. The van der Waals surface area contributed by atoms with Crippen molar-refractivity contribution in [2.45, 2.75) is 38.8 Å². The fraction of sp³-hybridized carbons (Fsp3) is 0.900. The van der Waals surface area contributed by atoms with Gasteiger partial charge in [-0.15, -0.1) is 0 Å². The fourth-order valence-corrected chi connectivity index (χ4v) is 1.71. The number of amides is 1. The van der Waals surface area contributed by atoms with E-state index in [2.05, 4.69) is 17.1 Å². The van der Waals surface area contributed by atoms with Crippen molar-refractivity contribution in [1.29, 1.82) is 0 Å². The lowest BCUT2D eigenvalue weighted by Crippen LogP contribution is -2.49. The van der Waals surface area contributed by atoms with Gasteiger partial charge in [0, 0.05) is 12.6 Å². The minimum absolute atomic E-state index is 0.194. The predicted molar refractivity (Wildman–Crippen MR) is 56.9 cm³/mol. The summed E-state index contributed by atoms with van der Waals surface area (Å²) in [5.74, 6) is -0.244. The molecule has 1 aliphatic rings. The number of hydrogen-bond acceptors (Lipinski definition) is 3. The number of nitrogens with one attached hydrogen (secondary N) is 1. The first-order chi connectivity index (χ1) is 6.69. The summed E-state index contributed by atoms with van der Waals surface area (Å²) in [6.45, 7) is 6.66. The second-order valence-corrected chi connectivity index (χ2v) is 3.83. The maximum atomic E-state index is 11.1. The van der Waals surface area contributed by atoms with E-state index in [4.69, 9.17) is 5.73 Å². The highest BCUT2D eigenvalue weighted by atomic mass is 16.1. The van der Waals surface area contributed by atoms with E-state index < -0.39 is 0 Å². The maximum absolute atomic E-state index is 11.1. The summed E-state index contributed by atoms with van der Waals surface area (Å²) in [6, 6.07) is 0.501. The molecule has 1 atom stereocenters. The van der Waals surface area contributed by atoms with Crippen LogP contribution in [0.2, 0.25) is 0 Å². The first-order valence-electron chi connectivity index (χ1n) is 5.45. The molecule has 14 heavy (non-hydrogen) atoms. The number of nitrogens with zero attached hydrogens (tertiary/aromatic N) is 1. The summed E-state index contributed by atoms with van der Waals surface area (Å²) in [4.78, 5) is 13.4. The van der Waals surface area contributed by atoms with Gasteiger partial charge in [0.1, 0.15) is 0 Å². The standard InChI is InChI=1S/C10H21N3O/c1-3-12-9(10(11)14)7-13(4-2)8-5-6-8/h8-9,12H,3-7H2,1-2H3,(H2,11,14). The molecule has 4 nitrogen and oxygen atoms in total. The zero-order chi connectivity index (χ0) is 10.6. The normalized spacial score (nSPS) is 18.5. The third-order valence-electron chi connectivity index (χ3n) is 2.68. The number of carbonyl (C=O) groups is 1. The molecule has 0 heterocycles. The molecule has 0 aromatic carbocycles. The summed E-state index contributed by atoms with van der Waals surface area (Å²) >= 11 is 0. The van der Waals surface area contributed by atoms with Crippen LogP contribution in [-0.4, -0.2) is 42.5 Å². The molecule has 3 N–H and O–H groups in total. The second kappa shape index (κ2) is 5.32. The van der Waals surface area contributed by atoms with E-state index in [-0.39, 0.29) is 11.9 Å². The number of rotatable bonds is 7. The number of hydrogen-bond donors (Lipinski definition) is 2. The van der Waals surface area contributed by atoms with E-state index in [0.717, 1.165) is 19.6 Å². The molecule has 4 heteroatoms. The highest BCUT2D eigenvalue weighted by Crippen LogP contribution is 2.26. The SMILES string of the molecule is CCNC(CN(CC)C1CC1)C(N)=O. The first kappa shape index (κ1) is 11.5. The van der Waals surface area contributed by atoms with Crippen LogP contribution in [0.4, 0.5) is 0 Å². The lowest BCUT2D eigenvalue weighted by Gasteiger charge is -2.24. The van der Waals surface area contributed by atoms with Crippen molar-refractivity contribution in [2.75, 3.05) is 19.6 Å². The molecule has 0 aromatic rings. The van der Waals surface area contributed by atoms with Crippen molar-refractivity contribution < 1.29 is 4.79 Å². The average molecular weight is 199 g/mol. The van der Waals surface area contributed by atoms with Crippen LogP contribution in [0.5, 0.6) is 0 Å². The van der Waals surface area contributed by atoms with E-state index in [1.165, 1.54) is 12.8 Å². The van der Waals surface area contributed by atoms with E-state index in [9.17, 15) is 4.79 Å². The molecular weight excluding hydrogens is 178 g/mol. The van der Waals surface area contributed by atoms with Crippen molar-refractivity contribution in [3.05, 3.63) is 0 Å². The number of carbonyl (C=O) groups excluding carboxylic acids is 1. The molecule has 0 aromatic heterocycles. The number of nitrogens with two attached hydrogens (primary N) is 1. The van der Waals surface area contributed by atoms with Gasteiger partial charge in [-0.2, -0.15) is 0 Å². The molecule has 1 unspecified atom stereocenters. The van der Waals surface area contributed by atoms with Crippen molar-refractivity contribution in [3.63, 3.8) is 0 Å². The van der Waals surface area contributed by atoms with Crippen LogP contribution < -0.4 is 11.1 Å². The zero-order valence-corrected chi connectivity index (χ0v) is 9.12. The Morgan fingerprint density at radius 3 is 2.57 bits per heavy atom. The predicted octanol–water partition coefficient (Wildman–Crippen LogP) is -0.0659. The zero-order valence-electron chi connectivity index (χ0n) is 9.12. The molecule has 0 radical (unpaired) electrons. The molecule has 0 bridgehead atoms. The van der Waals surface area contributed by atoms with Crippen LogP contribution in [0, 0.1) is 0 Å². The number of likely N-dealkylation sites (N-methyl/N-ethyl adjacent to an activating group) is 2. The Labute approximate surface area is 85.8 Å². The van der Waals surface area contributed by atoms with Gasteiger partial charge in [0.05, 0.1) is 6.04 Å². The Bertz CT molecular complexity index is 192. The fourth-order valence-electron chi connectivity index (χ4n) is 1.71. The lowest BCUT2D eigenvalue weighted by molar-refractivity contribution is -0.120. The second-order valence-electron chi connectivity index (χ2n) is 3.83. The van der Waals surface area contributed by atoms with Gasteiger partial charge in [0.2, 0.25) is 5.91 Å². The lowest BCUT2D eigenvalue weighted by atomic mass is 10.2. The Hall–Kier alpha value is -0.610. The van der Waals surface area contributed by atoms with Crippen molar-refractivity contribution in [1.82, 2.24) is 10.2 Å². The molecule has 1 saturated carbocycles. The molecule has 1 rings (SSSR count). The van der Waals surface area contributed by atoms with Crippen LogP contribution in [0.1, 0.15) is 26.7 Å². The van der Waals surface area contributed by atoms with E-state index >= 15 is 0 Å². The van der Waals surface area contributed by atoms with E-state index in [1.807, 2.05) is 6.92 Å². The molecule has 1 fully saturated rings. The van der Waals surface area contributed by atoms with Crippen LogP contribution >= 0.6 is 0 Å². The van der Waals surface area contributed by atoms with Crippen molar-refractivity contribution in [3.8, 4) is 0 Å². The molecule has 1 aliphatic carbocycles. The smallest absolute Gasteiger partial charge is 0.235 e. The van der Waals surface area contributed by atoms with Gasteiger partial charge in [-0.25, -0.2) is 0 Å². The molecule has 82 valence electrons. The highest BCUT2D eigenvalue weighted by molar-refractivity contribution is 5.80. The van der Waals surface area contributed by atoms with E-state index in [0.29, 0.717) is 6.04 Å². The van der Waals surface area contributed by atoms with Crippen LogP contribution in [0.25, 0.3) is 0 Å². The summed E-state index contributed by atoms with van der Waals surface area (Å²) in [5.41, 5.74) is 5.32. The van der Waals surface area contributed by atoms with Gasteiger partial charge in [-0.05, 0) is 25.9 Å². The third kappa shape index (κ3) is 3.27. The summed E-state index contributed by atoms with van der Waals surface area (Å²) in [7, 11) is 0. The quantitative estimate of drug-likeness (QED) is 0.603. The summed E-state index contributed by atoms with van der Waals surface area (Å²) in [5, 5.41) is 3.11. The Kier molecular flexibility index (Phi) is 4.35. The third-order valence-corrected chi connectivity index (χ3v) is 2.68. The molecule has 0 saturated heterocycles. The Morgan fingerprint density at radius 1 is 1.57 bits per heavy atom. The van der Waals surface area contributed by atoms with E-state index in [1.54, 1.807) is 0 Å². The van der Waals surface area contributed by atoms with Gasteiger partial charge in [-0.1, -0.05) is 13.8 Å². The minimum Gasteiger partial charge on any atom is -0.368 e. The monoisotopic (exact) mass is 199 g/mol. The molecular formula is C10H21N3O. The van der Waals surface area contributed by atoms with Crippen molar-refractivity contribution in [2.24, 2.45) is 5.73 Å². The summed E-state index contributed by atoms with van der Waals surface area (Å²) < 4.78 is 0. The minimum atomic E-state index is -0.244. The highest BCUT2D eigenvalue weighted by Gasteiger charge is 2.30. The van der Waals surface area contributed by atoms with Gasteiger partial charge < -0.3 is 11.1 Å². The Morgan fingerprint density at radius 2 is 2.21 bits per heavy atom. The van der Waals surface area contributed by atoms with Crippen LogP contribution in [0.3, 0.4) is 0 Å². The number of primary amides is 1. The van der Waals surface area contributed by atoms with Crippen LogP contribution in [-0.2, 0) is 4.79 Å².